The first-order valence-corrected chi connectivity index (χ1v) is 5.31. The van der Waals surface area contributed by atoms with Gasteiger partial charge in [-0.15, -0.1) is 0 Å². The fourth-order valence-corrected chi connectivity index (χ4v) is 1.23. The highest BCUT2D eigenvalue weighted by Gasteiger charge is 2.16. The van der Waals surface area contributed by atoms with Gasteiger partial charge in [0.2, 0.25) is 0 Å². The number of nitrogens with one attached hydrogen (secondary N) is 1. The molecule has 0 saturated carbocycles. The standard InChI is InChI=1S/C10H21NO3/c1-12-6-7-13-5-3-2-4-11-10-8-14-9-10/h10-11H,2-9H2,1H3. The van der Waals surface area contributed by atoms with Crippen LogP contribution in [-0.2, 0) is 14.2 Å². The van der Waals surface area contributed by atoms with Crippen LogP contribution >= 0.6 is 0 Å². The van der Waals surface area contributed by atoms with E-state index in [4.69, 9.17) is 14.2 Å². The summed E-state index contributed by atoms with van der Waals surface area (Å²) in [6, 6.07) is 0.601. The lowest BCUT2D eigenvalue weighted by Crippen LogP contribution is -2.46. The van der Waals surface area contributed by atoms with Crippen molar-refractivity contribution in [1.82, 2.24) is 5.32 Å². The van der Waals surface area contributed by atoms with Crippen LogP contribution in [0, 0.1) is 0 Å². The van der Waals surface area contributed by atoms with Gasteiger partial charge in [-0.1, -0.05) is 0 Å². The zero-order valence-electron chi connectivity index (χ0n) is 8.96. The zero-order chi connectivity index (χ0) is 10.1. The molecule has 0 atom stereocenters. The van der Waals surface area contributed by atoms with Crippen LogP contribution in [0.5, 0.6) is 0 Å². The molecule has 0 aromatic heterocycles. The minimum absolute atomic E-state index is 0.601. The maximum absolute atomic E-state index is 5.34. The molecular formula is C10H21NO3. The Kier molecular flexibility index (Phi) is 6.95. The van der Waals surface area contributed by atoms with Crippen LogP contribution in [0.15, 0.2) is 0 Å². The first-order chi connectivity index (χ1) is 6.93. The zero-order valence-corrected chi connectivity index (χ0v) is 8.96. The number of hydrogen-bond acceptors (Lipinski definition) is 4. The normalized spacial score (nSPS) is 16.9. The summed E-state index contributed by atoms with van der Waals surface area (Å²) in [6.07, 6.45) is 2.29. The van der Waals surface area contributed by atoms with Gasteiger partial charge in [-0.3, -0.25) is 0 Å². The molecule has 14 heavy (non-hydrogen) atoms. The van der Waals surface area contributed by atoms with Gasteiger partial charge in [-0.2, -0.15) is 0 Å². The van der Waals surface area contributed by atoms with Crippen LogP contribution in [0.4, 0.5) is 0 Å². The predicted molar refractivity (Wildman–Crippen MR) is 54.5 cm³/mol. The first kappa shape index (κ1) is 11.9. The maximum Gasteiger partial charge on any atom is 0.0700 e. The van der Waals surface area contributed by atoms with Gasteiger partial charge in [0.05, 0.1) is 32.5 Å². The molecule has 0 bridgehead atoms. The molecule has 1 aliphatic rings. The van der Waals surface area contributed by atoms with Crippen molar-refractivity contribution in [1.29, 1.82) is 0 Å². The lowest BCUT2D eigenvalue weighted by atomic mass is 10.2. The number of rotatable bonds is 9. The number of ether oxygens (including phenoxy) is 3. The Hall–Kier alpha value is -0.160. The SMILES string of the molecule is COCCOCCCCNC1COC1. The molecule has 0 spiro atoms. The second-order valence-electron chi connectivity index (χ2n) is 3.50. The minimum Gasteiger partial charge on any atom is -0.382 e. The lowest BCUT2D eigenvalue weighted by Gasteiger charge is -2.26. The van der Waals surface area contributed by atoms with E-state index >= 15 is 0 Å². The van der Waals surface area contributed by atoms with Crippen molar-refractivity contribution in [3.05, 3.63) is 0 Å². The van der Waals surface area contributed by atoms with Gasteiger partial charge in [0, 0.05) is 13.7 Å². The molecule has 0 aromatic carbocycles. The van der Waals surface area contributed by atoms with Crippen molar-refractivity contribution in [3.63, 3.8) is 0 Å². The third kappa shape index (κ3) is 5.54. The summed E-state index contributed by atoms with van der Waals surface area (Å²) in [4.78, 5) is 0. The highest BCUT2D eigenvalue weighted by Crippen LogP contribution is 1.99. The predicted octanol–water partition coefficient (Wildman–Crippen LogP) is 0.418. The van der Waals surface area contributed by atoms with Crippen molar-refractivity contribution in [2.45, 2.75) is 18.9 Å². The fourth-order valence-electron chi connectivity index (χ4n) is 1.23. The van der Waals surface area contributed by atoms with E-state index in [2.05, 4.69) is 5.32 Å². The molecule has 84 valence electrons. The summed E-state index contributed by atoms with van der Waals surface area (Å²) in [5.74, 6) is 0. The van der Waals surface area contributed by atoms with E-state index in [-0.39, 0.29) is 0 Å². The highest BCUT2D eigenvalue weighted by molar-refractivity contribution is 4.72. The average Bonchev–Trinajstić information content (AvgIpc) is 2.13. The molecule has 1 fully saturated rings. The summed E-state index contributed by atoms with van der Waals surface area (Å²) in [6.45, 7) is 5.07. The monoisotopic (exact) mass is 203 g/mol. The van der Waals surface area contributed by atoms with Crippen LogP contribution in [0.1, 0.15) is 12.8 Å². The van der Waals surface area contributed by atoms with Gasteiger partial charge in [0.15, 0.2) is 0 Å². The van der Waals surface area contributed by atoms with E-state index in [1.807, 2.05) is 0 Å². The Morgan fingerprint density at radius 1 is 1.21 bits per heavy atom. The third-order valence-electron chi connectivity index (χ3n) is 2.22. The van der Waals surface area contributed by atoms with E-state index in [9.17, 15) is 0 Å². The summed E-state index contributed by atoms with van der Waals surface area (Å²) in [5, 5.41) is 3.42. The van der Waals surface area contributed by atoms with Gasteiger partial charge in [0.1, 0.15) is 0 Å². The van der Waals surface area contributed by atoms with Crippen molar-refractivity contribution < 1.29 is 14.2 Å². The molecule has 1 N–H and O–H groups in total. The van der Waals surface area contributed by atoms with Crippen molar-refractivity contribution >= 4 is 0 Å². The number of methoxy groups -OCH3 is 1. The second kappa shape index (κ2) is 8.17. The van der Waals surface area contributed by atoms with E-state index < -0.39 is 0 Å². The van der Waals surface area contributed by atoms with Gasteiger partial charge < -0.3 is 19.5 Å². The Morgan fingerprint density at radius 3 is 2.71 bits per heavy atom. The van der Waals surface area contributed by atoms with Gasteiger partial charge in [-0.05, 0) is 19.4 Å². The lowest BCUT2D eigenvalue weighted by molar-refractivity contribution is -0.00526. The van der Waals surface area contributed by atoms with Crippen LogP contribution in [0.3, 0.4) is 0 Å². The Balaban J connectivity index is 1.67. The highest BCUT2D eigenvalue weighted by atomic mass is 16.5. The summed E-state index contributed by atoms with van der Waals surface area (Å²) in [7, 11) is 1.69. The topological polar surface area (TPSA) is 39.7 Å². The Bertz CT molecular complexity index is 129. The van der Waals surface area contributed by atoms with E-state index in [1.165, 1.54) is 6.42 Å². The smallest absolute Gasteiger partial charge is 0.0700 e. The molecule has 0 radical (unpaired) electrons. The molecule has 1 aliphatic heterocycles. The van der Waals surface area contributed by atoms with E-state index in [0.717, 1.165) is 32.8 Å². The Morgan fingerprint density at radius 2 is 2.07 bits per heavy atom. The van der Waals surface area contributed by atoms with Crippen LogP contribution in [0.25, 0.3) is 0 Å². The quantitative estimate of drug-likeness (QED) is 0.551. The molecule has 0 aliphatic carbocycles. The van der Waals surface area contributed by atoms with E-state index in [1.54, 1.807) is 7.11 Å². The average molecular weight is 203 g/mol. The number of hydrogen-bond donors (Lipinski definition) is 1. The molecule has 4 heteroatoms. The number of unbranched alkanes of at least 4 members (excludes halogenated alkanes) is 1. The van der Waals surface area contributed by atoms with Gasteiger partial charge in [0.25, 0.3) is 0 Å². The molecule has 1 heterocycles. The maximum atomic E-state index is 5.34. The van der Waals surface area contributed by atoms with Crippen molar-refractivity contribution in [2.24, 2.45) is 0 Å². The van der Waals surface area contributed by atoms with Crippen LogP contribution < -0.4 is 5.32 Å². The van der Waals surface area contributed by atoms with Crippen molar-refractivity contribution in [2.75, 3.05) is 46.7 Å². The third-order valence-corrected chi connectivity index (χ3v) is 2.22. The molecule has 1 saturated heterocycles. The largest absolute Gasteiger partial charge is 0.382 e. The molecule has 0 amide bonds. The first-order valence-electron chi connectivity index (χ1n) is 5.31. The fraction of sp³-hybridized carbons (Fsp3) is 1.00. The van der Waals surface area contributed by atoms with Crippen LogP contribution in [-0.4, -0.2) is 52.7 Å². The molecular weight excluding hydrogens is 182 g/mol. The second-order valence-corrected chi connectivity index (χ2v) is 3.50. The minimum atomic E-state index is 0.601. The summed E-state index contributed by atoms with van der Waals surface area (Å²) >= 11 is 0. The van der Waals surface area contributed by atoms with Gasteiger partial charge in [-0.25, -0.2) is 0 Å². The Labute approximate surface area is 85.9 Å². The van der Waals surface area contributed by atoms with Gasteiger partial charge >= 0.3 is 0 Å². The van der Waals surface area contributed by atoms with Crippen LogP contribution in [0.2, 0.25) is 0 Å². The molecule has 4 nitrogen and oxygen atoms in total. The van der Waals surface area contributed by atoms with Crippen molar-refractivity contribution in [3.8, 4) is 0 Å². The summed E-state index contributed by atoms with van der Waals surface area (Å²) < 4.78 is 15.3. The van der Waals surface area contributed by atoms with E-state index in [0.29, 0.717) is 19.3 Å². The molecule has 0 aromatic rings. The molecule has 1 rings (SSSR count). The summed E-state index contributed by atoms with van der Waals surface area (Å²) in [5.41, 5.74) is 0. The molecule has 0 unspecified atom stereocenters.